The van der Waals surface area contributed by atoms with Crippen LogP contribution in [0.2, 0.25) is 0 Å². The van der Waals surface area contributed by atoms with Gasteiger partial charge in [-0.2, -0.15) is 0 Å². The third-order valence-electron chi connectivity index (χ3n) is 3.73. The number of aromatic amines is 1. The van der Waals surface area contributed by atoms with Crippen LogP contribution in [0.15, 0.2) is 37.2 Å². The van der Waals surface area contributed by atoms with E-state index in [1.807, 2.05) is 35.4 Å². The van der Waals surface area contributed by atoms with Crippen LogP contribution in [-0.4, -0.2) is 29.3 Å². The first-order valence-corrected chi connectivity index (χ1v) is 7.62. The van der Waals surface area contributed by atoms with Crippen LogP contribution in [0.5, 0.6) is 0 Å². The molecule has 23 heavy (non-hydrogen) atoms. The van der Waals surface area contributed by atoms with E-state index < -0.39 is 0 Å². The number of H-pyrrole nitrogens is 1. The van der Waals surface area contributed by atoms with Crippen molar-refractivity contribution in [3.63, 3.8) is 0 Å². The van der Waals surface area contributed by atoms with Crippen LogP contribution in [0, 0.1) is 5.41 Å². The Kier molecular flexibility index (Phi) is 2.94. The predicted molar refractivity (Wildman–Crippen MR) is 89.0 cm³/mol. The molecule has 4 rings (SSSR count). The molecular weight excluding hydrogens is 288 g/mol. The molecule has 0 saturated carbocycles. The summed E-state index contributed by atoms with van der Waals surface area (Å²) in [7, 11) is 0. The zero-order valence-corrected chi connectivity index (χ0v) is 13.4. The molecule has 116 valence electrons. The Morgan fingerprint density at radius 3 is 2.83 bits per heavy atom. The molecule has 0 aliphatic rings. The van der Waals surface area contributed by atoms with Gasteiger partial charge in [-0.1, -0.05) is 20.8 Å². The van der Waals surface area contributed by atoms with Crippen molar-refractivity contribution in [2.45, 2.75) is 27.2 Å². The highest BCUT2D eigenvalue weighted by Crippen LogP contribution is 2.27. The molecule has 0 saturated heterocycles. The van der Waals surface area contributed by atoms with Gasteiger partial charge in [0, 0.05) is 60.1 Å². The Hall–Kier alpha value is -2.76. The standard InChI is InChI=1S/C17H18N6/c1-17(2,3)6-14-19-9-13-12(8-20-15(13)22-14)11-7-21-16-18-4-5-23(16)10-11/h4-5,7-10H,6H2,1-3H3,(H,19,20,22). The number of imidazole rings is 1. The number of rotatable bonds is 2. The largest absolute Gasteiger partial charge is 0.345 e. The van der Waals surface area contributed by atoms with E-state index in [-0.39, 0.29) is 5.41 Å². The summed E-state index contributed by atoms with van der Waals surface area (Å²) < 4.78 is 1.91. The van der Waals surface area contributed by atoms with Gasteiger partial charge in [0.1, 0.15) is 11.5 Å². The Balaban J connectivity index is 1.78. The molecule has 0 bridgehead atoms. The second-order valence-corrected chi connectivity index (χ2v) is 6.97. The first kappa shape index (κ1) is 13.9. The van der Waals surface area contributed by atoms with Crippen LogP contribution in [0.25, 0.3) is 27.9 Å². The second kappa shape index (κ2) is 4.87. The Morgan fingerprint density at radius 1 is 1.13 bits per heavy atom. The van der Waals surface area contributed by atoms with E-state index in [0.717, 1.165) is 34.4 Å². The van der Waals surface area contributed by atoms with E-state index >= 15 is 0 Å². The van der Waals surface area contributed by atoms with Crippen LogP contribution in [0.4, 0.5) is 0 Å². The first-order chi connectivity index (χ1) is 11.0. The van der Waals surface area contributed by atoms with Crippen molar-refractivity contribution >= 4 is 16.8 Å². The van der Waals surface area contributed by atoms with Crippen molar-refractivity contribution in [3.05, 3.63) is 43.0 Å². The van der Waals surface area contributed by atoms with Gasteiger partial charge in [0.05, 0.1) is 0 Å². The number of nitrogens with zero attached hydrogens (tertiary/aromatic N) is 5. The van der Waals surface area contributed by atoms with Gasteiger partial charge in [0.2, 0.25) is 5.78 Å². The zero-order valence-electron chi connectivity index (χ0n) is 13.4. The third kappa shape index (κ3) is 2.56. The molecule has 0 aliphatic carbocycles. The van der Waals surface area contributed by atoms with Crippen LogP contribution >= 0.6 is 0 Å². The van der Waals surface area contributed by atoms with Gasteiger partial charge in [-0.3, -0.25) is 4.40 Å². The summed E-state index contributed by atoms with van der Waals surface area (Å²) in [4.78, 5) is 21.0. The summed E-state index contributed by atoms with van der Waals surface area (Å²) in [5, 5.41) is 1.00. The van der Waals surface area contributed by atoms with Gasteiger partial charge in [0.25, 0.3) is 0 Å². The van der Waals surface area contributed by atoms with Gasteiger partial charge in [-0.25, -0.2) is 19.9 Å². The van der Waals surface area contributed by atoms with Crippen LogP contribution in [0.3, 0.4) is 0 Å². The summed E-state index contributed by atoms with van der Waals surface area (Å²) in [6.07, 6.45) is 12.2. The molecule has 4 aromatic heterocycles. The fourth-order valence-corrected chi connectivity index (χ4v) is 2.70. The lowest BCUT2D eigenvalue weighted by Gasteiger charge is -2.16. The van der Waals surface area contributed by atoms with Crippen molar-refractivity contribution in [1.82, 2.24) is 29.3 Å². The van der Waals surface area contributed by atoms with Gasteiger partial charge in [-0.15, -0.1) is 0 Å². The van der Waals surface area contributed by atoms with Crippen molar-refractivity contribution in [2.75, 3.05) is 0 Å². The zero-order chi connectivity index (χ0) is 16.0. The Bertz CT molecular complexity index is 989. The third-order valence-corrected chi connectivity index (χ3v) is 3.73. The summed E-state index contributed by atoms with van der Waals surface area (Å²) in [5.41, 5.74) is 3.08. The maximum absolute atomic E-state index is 4.65. The fourth-order valence-electron chi connectivity index (χ4n) is 2.70. The highest BCUT2D eigenvalue weighted by atomic mass is 15.1. The van der Waals surface area contributed by atoms with Crippen molar-refractivity contribution in [2.24, 2.45) is 5.41 Å². The number of hydrogen-bond donors (Lipinski definition) is 1. The molecule has 0 radical (unpaired) electrons. The highest BCUT2D eigenvalue weighted by molar-refractivity contribution is 5.92. The van der Waals surface area contributed by atoms with Crippen LogP contribution < -0.4 is 0 Å². The molecule has 0 atom stereocenters. The minimum absolute atomic E-state index is 0.166. The van der Waals surface area contributed by atoms with Crippen LogP contribution in [-0.2, 0) is 6.42 Å². The molecule has 1 N–H and O–H groups in total. The minimum atomic E-state index is 0.166. The van der Waals surface area contributed by atoms with Gasteiger partial charge in [-0.05, 0) is 5.41 Å². The lowest BCUT2D eigenvalue weighted by atomic mass is 9.92. The molecule has 6 nitrogen and oxygen atoms in total. The maximum atomic E-state index is 4.65. The maximum Gasteiger partial charge on any atom is 0.233 e. The van der Waals surface area contributed by atoms with Gasteiger partial charge in [0.15, 0.2) is 0 Å². The van der Waals surface area contributed by atoms with E-state index in [9.17, 15) is 0 Å². The molecule has 6 heteroatoms. The molecule has 0 aromatic carbocycles. The molecule has 0 aliphatic heterocycles. The minimum Gasteiger partial charge on any atom is -0.345 e. The van der Waals surface area contributed by atoms with E-state index in [2.05, 4.69) is 45.7 Å². The lowest BCUT2D eigenvalue weighted by Crippen LogP contribution is -2.11. The molecule has 0 unspecified atom stereocenters. The van der Waals surface area contributed by atoms with Crippen LogP contribution in [0.1, 0.15) is 26.6 Å². The van der Waals surface area contributed by atoms with E-state index in [0.29, 0.717) is 5.78 Å². The summed E-state index contributed by atoms with van der Waals surface area (Å²) in [5.74, 6) is 1.55. The number of hydrogen-bond acceptors (Lipinski definition) is 4. The first-order valence-electron chi connectivity index (χ1n) is 7.62. The predicted octanol–water partition coefficient (Wildman–Crippen LogP) is 3.26. The van der Waals surface area contributed by atoms with Crippen molar-refractivity contribution in [3.8, 4) is 11.1 Å². The monoisotopic (exact) mass is 306 g/mol. The number of aromatic nitrogens is 6. The van der Waals surface area contributed by atoms with Gasteiger partial charge >= 0.3 is 0 Å². The fraction of sp³-hybridized carbons (Fsp3) is 0.294. The lowest BCUT2D eigenvalue weighted by molar-refractivity contribution is 0.401. The summed E-state index contributed by atoms with van der Waals surface area (Å²) in [6.45, 7) is 6.56. The molecule has 4 heterocycles. The summed E-state index contributed by atoms with van der Waals surface area (Å²) >= 11 is 0. The van der Waals surface area contributed by atoms with Crippen molar-refractivity contribution < 1.29 is 0 Å². The van der Waals surface area contributed by atoms with E-state index in [1.54, 1.807) is 6.20 Å². The molecule has 4 aromatic rings. The second-order valence-electron chi connectivity index (χ2n) is 6.97. The topological polar surface area (TPSA) is 71.8 Å². The summed E-state index contributed by atoms with van der Waals surface area (Å²) in [6, 6.07) is 0. The molecule has 0 fully saturated rings. The number of fused-ring (bicyclic) bond motifs is 2. The Morgan fingerprint density at radius 2 is 2.00 bits per heavy atom. The van der Waals surface area contributed by atoms with Crippen molar-refractivity contribution in [1.29, 1.82) is 0 Å². The molecule has 0 amide bonds. The average Bonchev–Trinajstić information content (AvgIpc) is 3.10. The van der Waals surface area contributed by atoms with Gasteiger partial charge < -0.3 is 4.98 Å². The normalized spacial score (nSPS) is 12.3. The average molecular weight is 306 g/mol. The quantitative estimate of drug-likeness (QED) is 0.617. The highest BCUT2D eigenvalue weighted by Gasteiger charge is 2.15. The smallest absolute Gasteiger partial charge is 0.233 e. The SMILES string of the molecule is CC(C)(C)Cc1ncc2c(-c3cnc4nccn4c3)c[nH]c2n1. The Labute approximate surface area is 133 Å². The number of nitrogens with one attached hydrogen (secondary N) is 1. The van der Waals surface area contributed by atoms with E-state index in [4.69, 9.17) is 0 Å². The molecular formula is C17H18N6. The van der Waals surface area contributed by atoms with E-state index in [1.165, 1.54) is 0 Å². The molecule has 0 spiro atoms.